The van der Waals surface area contributed by atoms with Gasteiger partial charge in [0.05, 0.1) is 6.10 Å². The molecule has 0 amide bonds. The van der Waals surface area contributed by atoms with Crippen LogP contribution in [-0.2, 0) is 12.8 Å². The Morgan fingerprint density at radius 3 is 2.47 bits per heavy atom. The number of aryl methyl sites for hydroxylation is 2. The molecule has 0 aliphatic heterocycles. The standard InChI is InChI=1S/C18H20O/c1-2-13-7-3-5-9-15(13)18-16-10-6-4-8-14(16)11-12-17(18)19/h3-10,17-19H,2,11-12H2,1H3. The second-order valence-corrected chi connectivity index (χ2v) is 5.33. The summed E-state index contributed by atoms with van der Waals surface area (Å²) < 4.78 is 0. The molecule has 2 unspecified atom stereocenters. The van der Waals surface area contributed by atoms with E-state index < -0.39 is 0 Å². The van der Waals surface area contributed by atoms with Gasteiger partial charge in [0, 0.05) is 5.92 Å². The van der Waals surface area contributed by atoms with Crippen molar-refractivity contribution in [1.82, 2.24) is 0 Å². The van der Waals surface area contributed by atoms with Crippen LogP contribution >= 0.6 is 0 Å². The van der Waals surface area contributed by atoms with Gasteiger partial charge in [-0.2, -0.15) is 0 Å². The molecule has 0 saturated heterocycles. The van der Waals surface area contributed by atoms with Gasteiger partial charge in [0.15, 0.2) is 0 Å². The predicted octanol–water partition coefficient (Wildman–Crippen LogP) is 3.69. The lowest BCUT2D eigenvalue weighted by Gasteiger charge is -2.32. The summed E-state index contributed by atoms with van der Waals surface area (Å²) in [5.74, 6) is 0.140. The van der Waals surface area contributed by atoms with Gasteiger partial charge in [0.25, 0.3) is 0 Å². The zero-order chi connectivity index (χ0) is 13.2. The van der Waals surface area contributed by atoms with E-state index in [1.165, 1.54) is 22.3 Å². The van der Waals surface area contributed by atoms with Crippen LogP contribution in [0.15, 0.2) is 48.5 Å². The molecule has 2 aromatic rings. The van der Waals surface area contributed by atoms with Crippen LogP contribution in [0.25, 0.3) is 0 Å². The Morgan fingerprint density at radius 1 is 1.00 bits per heavy atom. The SMILES string of the molecule is CCc1ccccc1C1c2ccccc2CCC1O. The fourth-order valence-electron chi connectivity index (χ4n) is 3.28. The number of rotatable bonds is 2. The maximum absolute atomic E-state index is 10.5. The van der Waals surface area contributed by atoms with E-state index in [2.05, 4.69) is 55.5 Å². The molecule has 2 aromatic carbocycles. The highest BCUT2D eigenvalue weighted by atomic mass is 16.3. The topological polar surface area (TPSA) is 20.2 Å². The zero-order valence-electron chi connectivity index (χ0n) is 11.3. The highest BCUT2D eigenvalue weighted by Gasteiger charge is 2.30. The van der Waals surface area contributed by atoms with Gasteiger partial charge in [0.1, 0.15) is 0 Å². The third-order valence-corrected chi connectivity index (χ3v) is 4.26. The Balaban J connectivity index is 2.13. The molecule has 0 fully saturated rings. The molecule has 3 rings (SSSR count). The number of benzene rings is 2. The van der Waals surface area contributed by atoms with E-state index >= 15 is 0 Å². The lowest BCUT2D eigenvalue weighted by atomic mass is 9.75. The molecular formula is C18H20O. The van der Waals surface area contributed by atoms with E-state index in [0.29, 0.717) is 0 Å². The van der Waals surface area contributed by atoms with Gasteiger partial charge in [0.2, 0.25) is 0 Å². The summed E-state index contributed by atoms with van der Waals surface area (Å²) in [6.45, 7) is 2.18. The second kappa shape index (κ2) is 5.18. The number of hydrogen-bond acceptors (Lipinski definition) is 1. The van der Waals surface area contributed by atoms with Crippen LogP contribution in [0.5, 0.6) is 0 Å². The molecule has 1 aliphatic carbocycles. The molecule has 0 bridgehead atoms. The Bertz CT molecular complexity index is 573. The van der Waals surface area contributed by atoms with Crippen LogP contribution in [-0.4, -0.2) is 11.2 Å². The van der Waals surface area contributed by atoms with Crippen molar-refractivity contribution >= 4 is 0 Å². The smallest absolute Gasteiger partial charge is 0.0652 e. The third kappa shape index (κ3) is 2.19. The van der Waals surface area contributed by atoms with Crippen LogP contribution in [0.4, 0.5) is 0 Å². The summed E-state index contributed by atoms with van der Waals surface area (Å²) in [4.78, 5) is 0. The number of hydrogen-bond donors (Lipinski definition) is 1. The molecule has 98 valence electrons. The molecule has 0 spiro atoms. The predicted molar refractivity (Wildman–Crippen MR) is 78.4 cm³/mol. The molecule has 0 radical (unpaired) electrons. The van der Waals surface area contributed by atoms with Gasteiger partial charge in [-0.25, -0.2) is 0 Å². The van der Waals surface area contributed by atoms with Crippen molar-refractivity contribution in [2.24, 2.45) is 0 Å². The quantitative estimate of drug-likeness (QED) is 0.864. The van der Waals surface area contributed by atoms with Gasteiger partial charge in [-0.3, -0.25) is 0 Å². The minimum Gasteiger partial charge on any atom is -0.392 e. The molecule has 2 atom stereocenters. The Hall–Kier alpha value is -1.60. The monoisotopic (exact) mass is 252 g/mol. The molecule has 1 N–H and O–H groups in total. The Morgan fingerprint density at radius 2 is 1.68 bits per heavy atom. The van der Waals surface area contributed by atoms with E-state index in [-0.39, 0.29) is 12.0 Å². The maximum Gasteiger partial charge on any atom is 0.0652 e. The van der Waals surface area contributed by atoms with Gasteiger partial charge >= 0.3 is 0 Å². The van der Waals surface area contributed by atoms with Crippen LogP contribution in [0.1, 0.15) is 41.5 Å². The first-order chi connectivity index (χ1) is 9.31. The minimum absolute atomic E-state index is 0.140. The lowest BCUT2D eigenvalue weighted by Crippen LogP contribution is -2.26. The van der Waals surface area contributed by atoms with E-state index in [9.17, 15) is 5.11 Å². The first-order valence-electron chi connectivity index (χ1n) is 7.15. The number of aliphatic hydroxyl groups is 1. The average Bonchev–Trinajstić information content (AvgIpc) is 2.47. The Labute approximate surface area is 114 Å². The fourth-order valence-corrected chi connectivity index (χ4v) is 3.28. The van der Waals surface area contributed by atoms with Crippen molar-refractivity contribution in [2.45, 2.75) is 38.2 Å². The van der Waals surface area contributed by atoms with Crippen molar-refractivity contribution in [3.63, 3.8) is 0 Å². The Kier molecular flexibility index (Phi) is 3.39. The molecule has 0 heterocycles. The first-order valence-corrected chi connectivity index (χ1v) is 7.15. The first kappa shape index (κ1) is 12.4. The van der Waals surface area contributed by atoms with Crippen LogP contribution in [0.3, 0.4) is 0 Å². The molecule has 0 saturated carbocycles. The number of fused-ring (bicyclic) bond motifs is 1. The van der Waals surface area contributed by atoms with E-state index in [1.54, 1.807) is 0 Å². The largest absolute Gasteiger partial charge is 0.392 e. The third-order valence-electron chi connectivity index (χ3n) is 4.26. The van der Waals surface area contributed by atoms with E-state index in [4.69, 9.17) is 0 Å². The molecule has 19 heavy (non-hydrogen) atoms. The van der Waals surface area contributed by atoms with E-state index in [0.717, 1.165) is 19.3 Å². The molecule has 0 aromatic heterocycles. The minimum atomic E-state index is -0.261. The molecule has 1 aliphatic rings. The van der Waals surface area contributed by atoms with Gasteiger partial charge in [-0.05, 0) is 41.5 Å². The summed E-state index contributed by atoms with van der Waals surface area (Å²) >= 11 is 0. The summed E-state index contributed by atoms with van der Waals surface area (Å²) in [5, 5.41) is 10.5. The van der Waals surface area contributed by atoms with Gasteiger partial charge in [-0.1, -0.05) is 55.5 Å². The zero-order valence-corrected chi connectivity index (χ0v) is 11.3. The summed E-state index contributed by atoms with van der Waals surface area (Å²) in [6, 6.07) is 17.1. The summed E-state index contributed by atoms with van der Waals surface area (Å²) in [7, 11) is 0. The highest BCUT2D eigenvalue weighted by Crippen LogP contribution is 2.38. The molecular weight excluding hydrogens is 232 g/mol. The van der Waals surface area contributed by atoms with Crippen LogP contribution < -0.4 is 0 Å². The van der Waals surface area contributed by atoms with Gasteiger partial charge in [-0.15, -0.1) is 0 Å². The highest BCUT2D eigenvalue weighted by molar-refractivity contribution is 5.44. The summed E-state index contributed by atoms with van der Waals surface area (Å²) in [6.07, 6.45) is 2.60. The van der Waals surface area contributed by atoms with E-state index in [1.807, 2.05) is 0 Å². The van der Waals surface area contributed by atoms with Crippen molar-refractivity contribution in [3.05, 3.63) is 70.8 Å². The van der Waals surface area contributed by atoms with Crippen molar-refractivity contribution < 1.29 is 5.11 Å². The van der Waals surface area contributed by atoms with Crippen molar-refractivity contribution in [1.29, 1.82) is 0 Å². The van der Waals surface area contributed by atoms with Crippen LogP contribution in [0, 0.1) is 0 Å². The molecule has 1 heteroatoms. The maximum atomic E-state index is 10.5. The fraction of sp³-hybridized carbons (Fsp3) is 0.333. The van der Waals surface area contributed by atoms with Gasteiger partial charge < -0.3 is 5.11 Å². The average molecular weight is 252 g/mol. The second-order valence-electron chi connectivity index (χ2n) is 5.33. The van der Waals surface area contributed by atoms with Crippen LogP contribution in [0.2, 0.25) is 0 Å². The molecule has 1 nitrogen and oxygen atoms in total. The number of aliphatic hydroxyl groups excluding tert-OH is 1. The summed E-state index contributed by atoms with van der Waals surface area (Å²) in [5.41, 5.74) is 5.35. The van der Waals surface area contributed by atoms with Crippen molar-refractivity contribution in [3.8, 4) is 0 Å². The lowest BCUT2D eigenvalue weighted by molar-refractivity contribution is 0.139. The normalized spacial score (nSPS) is 22.0. The van der Waals surface area contributed by atoms with Crippen molar-refractivity contribution in [2.75, 3.05) is 0 Å².